The standard InChI is InChI=1S/C21H33NO3/c1-15(2)13-22(14-16(3)4)21(23)11-9-18-8-10-19(25-17(5)6)20(12-18)24-7/h8-12,15-17H,13-14H2,1-7H3/b11-9+. The van der Waals surface area contributed by atoms with Gasteiger partial charge in [0.2, 0.25) is 5.91 Å². The number of hydrogen-bond acceptors (Lipinski definition) is 3. The van der Waals surface area contributed by atoms with E-state index < -0.39 is 0 Å². The third kappa shape index (κ3) is 7.63. The van der Waals surface area contributed by atoms with Crippen LogP contribution in [0.25, 0.3) is 6.08 Å². The molecule has 0 spiro atoms. The Bertz CT molecular complexity index is 567. The summed E-state index contributed by atoms with van der Waals surface area (Å²) in [5.74, 6) is 2.32. The lowest BCUT2D eigenvalue weighted by Crippen LogP contribution is -2.35. The predicted molar refractivity (Wildman–Crippen MR) is 104 cm³/mol. The number of amides is 1. The fraction of sp³-hybridized carbons (Fsp3) is 0.571. The maximum Gasteiger partial charge on any atom is 0.246 e. The lowest BCUT2D eigenvalue weighted by Gasteiger charge is -2.25. The second kappa shape index (κ2) is 10.1. The molecule has 140 valence electrons. The van der Waals surface area contributed by atoms with E-state index in [1.54, 1.807) is 13.2 Å². The molecule has 1 amide bonds. The lowest BCUT2D eigenvalue weighted by molar-refractivity contribution is -0.127. The van der Waals surface area contributed by atoms with Gasteiger partial charge in [-0.25, -0.2) is 0 Å². The summed E-state index contributed by atoms with van der Waals surface area (Å²) in [4.78, 5) is 14.5. The fourth-order valence-electron chi connectivity index (χ4n) is 2.55. The van der Waals surface area contributed by atoms with E-state index in [2.05, 4.69) is 27.7 Å². The Morgan fingerprint density at radius 2 is 1.64 bits per heavy atom. The van der Waals surface area contributed by atoms with Crippen molar-refractivity contribution >= 4 is 12.0 Å². The first kappa shape index (κ1) is 21.1. The molecule has 0 aromatic heterocycles. The van der Waals surface area contributed by atoms with Crippen LogP contribution in [0.4, 0.5) is 0 Å². The Morgan fingerprint density at radius 3 is 2.12 bits per heavy atom. The van der Waals surface area contributed by atoms with Gasteiger partial charge in [0.1, 0.15) is 0 Å². The highest BCUT2D eigenvalue weighted by Crippen LogP contribution is 2.29. The van der Waals surface area contributed by atoms with Crippen LogP contribution in [-0.2, 0) is 4.79 Å². The van der Waals surface area contributed by atoms with E-state index in [4.69, 9.17) is 9.47 Å². The number of benzene rings is 1. The molecule has 0 atom stereocenters. The van der Waals surface area contributed by atoms with Gasteiger partial charge in [0, 0.05) is 19.2 Å². The minimum absolute atomic E-state index is 0.0453. The van der Waals surface area contributed by atoms with Gasteiger partial charge in [-0.05, 0) is 49.5 Å². The Kier molecular flexibility index (Phi) is 8.53. The maximum absolute atomic E-state index is 12.5. The summed E-state index contributed by atoms with van der Waals surface area (Å²) < 4.78 is 11.1. The SMILES string of the molecule is COc1cc(/C=C/C(=O)N(CC(C)C)CC(C)C)ccc1OC(C)C. The van der Waals surface area contributed by atoms with E-state index in [1.807, 2.05) is 43.0 Å². The Balaban J connectivity index is 2.89. The van der Waals surface area contributed by atoms with Crippen molar-refractivity contribution in [2.75, 3.05) is 20.2 Å². The molecule has 0 aliphatic heterocycles. The second-order valence-electron chi connectivity index (χ2n) is 7.44. The summed E-state index contributed by atoms with van der Waals surface area (Å²) in [5, 5.41) is 0. The number of hydrogen-bond donors (Lipinski definition) is 0. The van der Waals surface area contributed by atoms with E-state index in [9.17, 15) is 4.79 Å². The summed E-state index contributed by atoms with van der Waals surface area (Å²) in [7, 11) is 1.62. The molecule has 0 aliphatic rings. The molecule has 1 rings (SSSR count). The van der Waals surface area contributed by atoms with Gasteiger partial charge in [0.25, 0.3) is 0 Å². The number of carbonyl (C=O) groups is 1. The monoisotopic (exact) mass is 347 g/mol. The van der Waals surface area contributed by atoms with E-state index >= 15 is 0 Å². The van der Waals surface area contributed by atoms with Crippen molar-refractivity contribution < 1.29 is 14.3 Å². The summed E-state index contributed by atoms with van der Waals surface area (Å²) in [6.07, 6.45) is 3.55. The molecule has 0 saturated carbocycles. The highest BCUT2D eigenvalue weighted by atomic mass is 16.5. The minimum atomic E-state index is 0.0453. The minimum Gasteiger partial charge on any atom is -0.493 e. The molecule has 0 unspecified atom stereocenters. The van der Waals surface area contributed by atoms with Crippen molar-refractivity contribution in [3.05, 3.63) is 29.8 Å². The summed E-state index contributed by atoms with van der Waals surface area (Å²) in [6, 6.07) is 5.69. The molecule has 25 heavy (non-hydrogen) atoms. The Hall–Kier alpha value is -1.97. The van der Waals surface area contributed by atoms with Crippen molar-refractivity contribution in [2.24, 2.45) is 11.8 Å². The summed E-state index contributed by atoms with van der Waals surface area (Å²) >= 11 is 0. The average molecular weight is 347 g/mol. The fourth-order valence-corrected chi connectivity index (χ4v) is 2.55. The predicted octanol–water partition coefficient (Wildman–Crippen LogP) is 4.64. The molecule has 0 radical (unpaired) electrons. The van der Waals surface area contributed by atoms with E-state index in [0.29, 0.717) is 23.3 Å². The molecule has 0 N–H and O–H groups in total. The Morgan fingerprint density at radius 1 is 1.04 bits per heavy atom. The number of rotatable bonds is 9. The molecular formula is C21H33NO3. The normalized spacial score (nSPS) is 11.6. The Labute approximate surface area is 152 Å². The van der Waals surface area contributed by atoms with Crippen LogP contribution in [0, 0.1) is 11.8 Å². The van der Waals surface area contributed by atoms with Gasteiger partial charge in [-0.2, -0.15) is 0 Å². The quantitative estimate of drug-likeness (QED) is 0.611. The number of nitrogens with zero attached hydrogens (tertiary/aromatic N) is 1. The number of ether oxygens (including phenoxy) is 2. The van der Waals surface area contributed by atoms with Gasteiger partial charge < -0.3 is 14.4 Å². The van der Waals surface area contributed by atoms with Crippen molar-refractivity contribution in [3.63, 3.8) is 0 Å². The van der Waals surface area contributed by atoms with Gasteiger partial charge in [0.15, 0.2) is 11.5 Å². The van der Waals surface area contributed by atoms with Crippen molar-refractivity contribution in [1.82, 2.24) is 4.90 Å². The molecule has 0 fully saturated rings. The zero-order chi connectivity index (χ0) is 19.0. The molecule has 4 heteroatoms. The van der Waals surface area contributed by atoms with Crippen LogP contribution in [0.5, 0.6) is 11.5 Å². The van der Waals surface area contributed by atoms with Crippen LogP contribution in [0.2, 0.25) is 0 Å². The summed E-state index contributed by atoms with van der Waals surface area (Å²) in [5.41, 5.74) is 0.912. The first-order chi connectivity index (χ1) is 11.7. The first-order valence-electron chi connectivity index (χ1n) is 9.04. The third-order valence-electron chi connectivity index (χ3n) is 3.45. The largest absolute Gasteiger partial charge is 0.493 e. The molecule has 0 heterocycles. The van der Waals surface area contributed by atoms with Gasteiger partial charge in [-0.3, -0.25) is 4.79 Å². The van der Waals surface area contributed by atoms with Crippen molar-refractivity contribution in [3.8, 4) is 11.5 Å². The average Bonchev–Trinajstić information content (AvgIpc) is 2.51. The van der Waals surface area contributed by atoms with Crippen molar-refractivity contribution in [2.45, 2.75) is 47.6 Å². The van der Waals surface area contributed by atoms with Crippen LogP contribution in [0.1, 0.15) is 47.1 Å². The highest BCUT2D eigenvalue weighted by Gasteiger charge is 2.14. The van der Waals surface area contributed by atoms with Crippen LogP contribution in [-0.4, -0.2) is 37.1 Å². The third-order valence-corrected chi connectivity index (χ3v) is 3.45. The van der Waals surface area contributed by atoms with E-state index in [1.165, 1.54) is 0 Å². The van der Waals surface area contributed by atoms with Crippen molar-refractivity contribution in [1.29, 1.82) is 0 Å². The van der Waals surface area contributed by atoms with Gasteiger partial charge in [-0.1, -0.05) is 33.8 Å². The molecule has 0 aliphatic carbocycles. The molecule has 0 bridgehead atoms. The van der Waals surface area contributed by atoms with Gasteiger partial charge in [-0.15, -0.1) is 0 Å². The van der Waals surface area contributed by atoms with Gasteiger partial charge in [0.05, 0.1) is 13.2 Å². The van der Waals surface area contributed by atoms with E-state index in [0.717, 1.165) is 18.7 Å². The van der Waals surface area contributed by atoms with Crippen LogP contribution < -0.4 is 9.47 Å². The molecule has 1 aromatic carbocycles. The molecule has 1 aromatic rings. The van der Waals surface area contributed by atoms with Gasteiger partial charge >= 0.3 is 0 Å². The first-order valence-corrected chi connectivity index (χ1v) is 9.04. The zero-order valence-corrected chi connectivity index (χ0v) is 16.7. The second-order valence-corrected chi connectivity index (χ2v) is 7.44. The highest BCUT2D eigenvalue weighted by molar-refractivity contribution is 5.91. The molecular weight excluding hydrogens is 314 g/mol. The molecule has 4 nitrogen and oxygen atoms in total. The number of carbonyl (C=O) groups excluding carboxylic acids is 1. The summed E-state index contributed by atoms with van der Waals surface area (Å²) in [6.45, 7) is 14.0. The molecule has 0 saturated heterocycles. The zero-order valence-electron chi connectivity index (χ0n) is 16.7. The van der Waals surface area contributed by atoms with Crippen LogP contribution in [0.15, 0.2) is 24.3 Å². The topological polar surface area (TPSA) is 38.8 Å². The van der Waals surface area contributed by atoms with E-state index in [-0.39, 0.29) is 12.0 Å². The number of methoxy groups -OCH3 is 1. The lowest BCUT2D eigenvalue weighted by atomic mass is 10.1. The van der Waals surface area contributed by atoms with Crippen LogP contribution in [0.3, 0.4) is 0 Å². The maximum atomic E-state index is 12.5. The smallest absolute Gasteiger partial charge is 0.246 e. The van der Waals surface area contributed by atoms with Crippen LogP contribution >= 0.6 is 0 Å².